The number of unbranched alkanes of at least 4 members (excludes halogenated alkanes) is 12. The Bertz CT molecular complexity index is 387. The van der Waals surface area contributed by atoms with E-state index in [9.17, 15) is 4.79 Å². The number of allylic oxidation sites excluding steroid dienone is 2. The van der Waals surface area contributed by atoms with Gasteiger partial charge in [-0.2, -0.15) is 0 Å². The first-order chi connectivity index (χ1) is 13.1. The minimum absolute atomic E-state index is 0.386. The summed E-state index contributed by atoms with van der Waals surface area (Å²) >= 11 is 0. The zero-order chi connectivity index (χ0) is 20.2. The summed E-state index contributed by atoms with van der Waals surface area (Å²) in [4.78, 5) is 11.3. The van der Waals surface area contributed by atoms with Crippen LogP contribution in [-0.2, 0) is 14.3 Å². The zero-order valence-corrected chi connectivity index (χ0v) is 18.3. The molecule has 1 unspecified atom stereocenters. The van der Waals surface area contributed by atoms with Crippen LogP contribution in [0.4, 0.5) is 0 Å². The predicted molar refractivity (Wildman–Crippen MR) is 116 cm³/mol. The van der Waals surface area contributed by atoms with Crippen LogP contribution >= 0.6 is 0 Å². The molecule has 27 heavy (non-hydrogen) atoms. The van der Waals surface area contributed by atoms with Gasteiger partial charge in [0.2, 0.25) is 0 Å². The average molecular weight is 381 g/mol. The maximum Gasteiger partial charge on any atom is 0.335 e. The van der Waals surface area contributed by atoms with Crippen molar-refractivity contribution in [2.45, 2.75) is 117 Å². The molecule has 0 N–H and O–H groups in total. The SMILES string of the molecule is C=C(C)C(=O)OC(C)OCCCCCCCC/C=C\CCCCCCCC. The summed E-state index contributed by atoms with van der Waals surface area (Å²) in [5.41, 5.74) is 0.405. The lowest BCUT2D eigenvalue weighted by Crippen LogP contribution is -2.18. The number of hydrogen-bond acceptors (Lipinski definition) is 3. The molecule has 0 aliphatic rings. The molecule has 0 radical (unpaired) electrons. The second kappa shape index (κ2) is 19.7. The van der Waals surface area contributed by atoms with Crippen LogP contribution in [0.3, 0.4) is 0 Å². The van der Waals surface area contributed by atoms with Gasteiger partial charge in [-0.3, -0.25) is 0 Å². The Morgan fingerprint density at radius 3 is 1.85 bits per heavy atom. The Balaban J connectivity index is 3.25. The smallest absolute Gasteiger partial charge is 0.335 e. The monoisotopic (exact) mass is 380 g/mol. The largest absolute Gasteiger partial charge is 0.433 e. The van der Waals surface area contributed by atoms with Crippen molar-refractivity contribution in [1.29, 1.82) is 0 Å². The standard InChI is InChI=1S/C24H44O3/c1-5-6-7-8-9-10-11-12-13-14-15-16-17-18-19-20-21-26-23(4)27-24(25)22(2)3/h12-13,23H,2,5-11,14-21H2,1,3-4H3/b13-12-. The van der Waals surface area contributed by atoms with Crippen molar-refractivity contribution in [1.82, 2.24) is 0 Å². The highest BCUT2D eigenvalue weighted by molar-refractivity contribution is 5.86. The lowest BCUT2D eigenvalue weighted by Gasteiger charge is -2.13. The Hall–Kier alpha value is -1.09. The van der Waals surface area contributed by atoms with Crippen LogP contribution in [0.2, 0.25) is 0 Å². The van der Waals surface area contributed by atoms with Crippen molar-refractivity contribution in [3.05, 3.63) is 24.3 Å². The number of carbonyl (C=O) groups excluding carboxylic acids is 1. The molecule has 3 nitrogen and oxygen atoms in total. The summed E-state index contributed by atoms with van der Waals surface area (Å²) in [5, 5.41) is 0. The van der Waals surface area contributed by atoms with Gasteiger partial charge in [-0.1, -0.05) is 83.4 Å². The fourth-order valence-corrected chi connectivity index (χ4v) is 2.88. The summed E-state index contributed by atoms with van der Waals surface area (Å²) in [6.45, 7) is 9.86. The van der Waals surface area contributed by atoms with Crippen molar-refractivity contribution in [2.24, 2.45) is 0 Å². The Labute approximate surface area is 168 Å². The highest BCUT2D eigenvalue weighted by Gasteiger charge is 2.09. The quantitative estimate of drug-likeness (QED) is 0.0764. The van der Waals surface area contributed by atoms with Crippen LogP contribution in [0.15, 0.2) is 24.3 Å². The van der Waals surface area contributed by atoms with Gasteiger partial charge in [0, 0.05) is 5.57 Å². The molecule has 3 heteroatoms. The molecule has 0 saturated heterocycles. The summed E-state index contributed by atoms with van der Waals surface area (Å²) in [7, 11) is 0. The first-order valence-electron chi connectivity index (χ1n) is 11.2. The van der Waals surface area contributed by atoms with E-state index >= 15 is 0 Å². The van der Waals surface area contributed by atoms with Gasteiger partial charge < -0.3 is 9.47 Å². The van der Waals surface area contributed by atoms with Crippen LogP contribution in [0, 0.1) is 0 Å². The minimum atomic E-state index is -0.489. The van der Waals surface area contributed by atoms with Crippen LogP contribution in [0.25, 0.3) is 0 Å². The Kier molecular flexibility index (Phi) is 18.9. The summed E-state index contributed by atoms with van der Waals surface area (Å²) in [6.07, 6.45) is 22.4. The van der Waals surface area contributed by atoms with Crippen molar-refractivity contribution in [3.63, 3.8) is 0 Å². The predicted octanol–water partition coefficient (Wildman–Crippen LogP) is 7.51. The molecule has 0 aromatic carbocycles. The molecule has 158 valence electrons. The number of rotatable bonds is 19. The number of hydrogen-bond donors (Lipinski definition) is 0. The maximum atomic E-state index is 11.3. The minimum Gasteiger partial charge on any atom is -0.433 e. The van der Waals surface area contributed by atoms with Gasteiger partial charge in [0.1, 0.15) is 0 Å². The second-order valence-corrected chi connectivity index (χ2v) is 7.56. The fourth-order valence-electron chi connectivity index (χ4n) is 2.88. The van der Waals surface area contributed by atoms with Gasteiger partial charge in [-0.05, 0) is 46.0 Å². The first-order valence-corrected chi connectivity index (χ1v) is 11.2. The molecule has 1 atom stereocenters. The highest BCUT2D eigenvalue weighted by Crippen LogP contribution is 2.10. The van der Waals surface area contributed by atoms with E-state index in [1.54, 1.807) is 13.8 Å². The molecule has 0 rings (SSSR count). The van der Waals surface area contributed by atoms with E-state index < -0.39 is 6.29 Å². The molecule has 0 aromatic heterocycles. The maximum absolute atomic E-state index is 11.3. The summed E-state index contributed by atoms with van der Waals surface area (Å²) in [6, 6.07) is 0. The van der Waals surface area contributed by atoms with Crippen LogP contribution in [0.5, 0.6) is 0 Å². The van der Waals surface area contributed by atoms with Crippen molar-refractivity contribution in [3.8, 4) is 0 Å². The normalized spacial score (nSPS) is 12.4. The van der Waals surface area contributed by atoms with E-state index in [0.717, 1.165) is 6.42 Å². The van der Waals surface area contributed by atoms with E-state index in [0.29, 0.717) is 12.2 Å². The van der Waals surface area contributed by atoms with Crippen molar-refractivity contribution in [2.75, 3.05) is 6.61 Å². The Morgan fingerprint density at radius 2 is 1.33 bits per heavy atom. The van der Waals surface area contributed by atoms with Gasteiger partial charge in [0.15, 0.2) is 6.29 Å². The third kappa shape index (κ3) is 19.5. The third-order valence-corrected chi connectivity index (χ3v) is 4.63. The third-order valence-electron chi connectivity index (χ3n) is 4.63. The first kappa shape index (κ1) is 25.9. The molecule has 0 heterocycles. The molecule has 0 aliphatic heterocycles. The number of esters is 1. The Morgan fingerprint density at radius 1 is 0.852 bits per heavy atom. The van der Waals surface area contributed by atoms with E-state index in [4.69, 9.17) is 9.47 Å². The molecule has 0 saturated carbocycles. The van der Waals surface area contributed by atoms with Gasteiger partial charge in [-0.25, -0.2) is 4.79 Å². The van der Waals surface area contributed by atoms with E-state index in [1.807, 2.05) is 0 Å². The zero-order valence-electron chi connectivity index (χ0n) is 18.3. The van der Waals surface area contributed by atoms with E-state index in [-0.39, 0.29) is 5.97 Å². The summed E-state index contributed by atoms with van der Waals surface area (Å²) in [5.74, 6) is -0.386. The van der Waals surface area contributed by atoms with E-state index in [1.165, 1.54) is 83.5 Å². The topological polar surface area (TPSA) is 35.5 Å². The molecular weight excluding hydrogens is 336 g/mol. The van der Waals surface area contributed by atoms with E-state index in [2.05, 4.69) is 25.7 Å². The van der Waals surface area contributed by atoms with Crippen molar-refractivity contribution >= 4 is 5.97 Å². The van der Waals surface area contributed by atoms with Crippen LogP contribution < -0.4 is 0 Å². The number of ether oxygens (including phenoxy) is 2. The second-order valence-electron chi connectivity index (χ2n) is 7.56. The highest BCUT2D eigenvalue weighted by atomic mass is 16.7. The van der Waals surface area contributed by atoms with Crippen LogP contribution in [0.1, 0.15) is 111 Å². The molecular formula is C24H44O3. The lowest BCUT2D eigenvalue weighted by molar-refractivity contribution is -0.170. The molecule has 0 bridgehead atoms. The lowest BCUT2D eigenvalue weighted by atomic mass is 10.1. The average Bonchev–Trinajstić information content (AvgIpc) is 2.64. The molecule has 0 amide bonds. The summed E-state index contributed by atoms with van der Waals surface area (Å²) < 4.78 is 10.6. The molecule has 0 spiro atoms. The molecule has 0 aromatic rings. The van der Waals surface area contributed by atoms with Gasteiger partial charge >= 0.3 is 5.97 Å². The number of carbonyl (C=O) groups is 1. The fraction of sp³-hybridized carbons (Fsp3) is 0.792. The molecule has 0 fully saturated rings. The molecule has 0 aliphatic carbocycles. The van der Waals surface area contributed by atoms with Gasteiger partial charge in [-0.15, -0.1) is 0 Å². The van der Waals surface area contributed by atoms with Gasteiger partial charge in [0.25, 0.3) is 0 Å². The van der Waals surface area contributed by atoms with Gasteiger partial charge in [0.05, 0.1) is 6.61 Å². The van der Waals surface area contributed by atoms with Crippen LogP contribution in [-0.4, -0.2) is 18.9 Å². The van der Waals surface area contributed by atoms with Crippen molar-refractivity contribution < 1.29 is 14.3 Å².